The monoisotopic (exact) mass is 408 g/mol. The molecule has 2 saturated carbocycles. The number of hydrogen-bond donors (Lipinski definition) is 1. The molecule has 29 heavy (non-hydrogen) atoms. The molecule has 1 N–H and O–H groups in total. The van der Waals surface area contributed by atoms with Gasteiger partial charge in [-0.05, 0) is 67.9 Å². The Morgan fingerprint density at radius 3 is 2.34 bits per heavy atom. The average molecular weight is 409 g/mol. The number of halogens is 1. The Hall–Kier alpha value is -2.66. The fourth-order valence-corrected chi connectivity index (χ4v) is 5.61. The highest BCUT2D eigenvalue weighted by atomic mass is 35.5. The van der Waals surface area contributed by atoms with Crippen molar-refractivity contribution in [3.8, 4) is 0 Å². The molecule has 0 aromatic heterocycles. The van der Waals surface area contributed by atoms with Crippen LogP contribution in [-0.2, 0) is 9.59 Å². The lowest BCUT2D eigenvalue weighted by atomic mass is 9.81. The van der Waals surface area contributed by atoms with Gasteiger partial charge < -0.3 is 5.32 Å². The smallest absolute Gasteiger partial charge is 0.257 e. The zero-order valence-electron chi connectivity index (χ0n) is 16.0. The molecule has 3 fully saturated rings. The Morgan fingerprint density at radius 1 is 1.00 bits per heavy atom. The van der Waals surface area contributed by atoms with Crippen LogP contribution in [0.1, 0.15) is 35.2 Å². The molecule has 5 nitrogen and oxygen atoms in total. The second-order valence-corrected chi connectivity index (χ2v) is 8.69. The summed E-state index contributed by atoms with van der Waals surface area (Å²) >= 11 is 6.16. The highest BCUT2D eigenvalue weighted by Gasteiger charge is 2.61. The number of para-hydroxylation sites is 1. The molecule has 2 aromatic rings. The van der Waals surface area contributed by atoms with Gasteiger partial charge in [-0.15, -0.1) is 0 Å². The molecule has 3 aliphatic rings. The summed E-state index contributed by atoms with van der Waals surface area (Å²) in [5.74, 6) is -0.479. The number of nitrogens with one attached hydrogen (secondary N) is 1. The van der Waals surface area contributed by atoms with Crippen LogP contribution in [0.5, 0.6) is 0 Å². The van der Waals surface area contributed by atoms with Crippen molar-refractivity contribution >= 4 is 40.7 Å². The number of rotatable bonds is 3. The van der Waals surface area contributed by atoms with Gasteiger partial charge in [-0.25, -0.2) is 4.90 Å². The third-order valence-electron chi connectivity index (χ3n) is 6.83. The van der Waals surface area contributed by atoms with Gasteiger partial charge in [-0.2, -0.15) is 0 Å². The summed E-state index contributed by atoms with van der Waals surface area (Å²) in [4.78, 5) is 40.7. The first kappa shape index (κ1) is 18.4. The SMILES string of the molecule is Cc1c(Cl)cccc1NC(=O)c1ccccc1N1C(=O)[C@@H]2[C@H]3CC[C@@H](C3)[C@H]2C1=O. The lowest BCUT2D eigenvalue weighted by Gasteiger charge is -2.20. The van der Waals surface area contributed by atoms with Crippen molar-refractivity contribution < 1.29 is 14.4 Å². The van der Waals surface area contributed by atoms with Crippen molar-refractivity contribution in [3.63, 3.8) is 0 Å². The van der Waals surface area contributed by atoms with Gasteiger partial charge in [0.25, 0.3) is 5.91 Å². The van der Waals surface area contributed by atoms with Crippen molar-refractivity contribution in [3.05, 3.63) is 58.6 Å². The van der Waals surface area contributed by atoms with Gasteiger partial charge in [0.1, 0.15) is 0 Å². The van der Waals surface area contributed by atoms with Crippen LogP contribution >= 0.6 is 11.6 Å². The normalized spacial score (nSPS) is 27.4. The molecule has 0 spiro atoms. The average Bonchev–Trinajstić information content (AvgIpc) is 3.39. The number of hydrogen-bond acceptors (Lipinski definition) is 3. The van der Waals surface area contributed by atoms with E-state index in [-0.39, 0.29) is 29.6 Å². The quantitative estimate of drug-likeness (QED) is 0.763. The van der Waals surface area contributed by atoms with Crippen molar-refractivity contribution in [2.45, 2.75) is 26.2 Å². The maximum atomic E-state index is 13.2. The number of carbonyl (C=O) groups is 3. The van der Waals surface area contributed by atoms with Crippen LogP contribution in [0, 0.1) is 30.6 Å². The van der Waals surface area contributed by atoms with Gasteiger partial charge in [0.05, 0.1) is 23.1 Å². The van der Waals surface area contributed by atoms with E-state index in [4.69, 9.17) is 11.6 Å². The molecule has 6 heteroatoms. The number of amides is 3. The van der Waals surface area contributed by atoms with E-state index < -0.39 is 0 Å². The minimum Gasteiger partial charge on any atom is -0.322 e. The van der Waals surface area contributed by atoms with Crippen LogP contribution in [0.2, 0.25) is 5.02 Å². The molecular weight excluding hydrogens is 388 g/mol. The van der Waals surface area contributed by atoms with Crippen molar-refractivity contribution in [2.24, 2.45) is 23.7 Å². The fourth-order valence-electron chi connectivity index (χ4n) is 5.44. The maximum Gasteiger partial charge on any atom is 0.257 e. The summed E-state index contributed by atoms with van der Waals surface area (Å²) in [6, 6.07) is 12.1. The number of nitrogens with zero attached hydrogens (tertiary/aromatic N) is 1. The summed E-state index contributed by atoms with van der Waals surface area (Å²) in [5, 5.41) is 3.43. The van der Waals surface area contributed by atoms with E-state index >= 15 is 0 Å². The second-order valence-electron chi connectivity index (χ2n) is 8.28. The van der Waals surface area contributed by atoms with E-state index in [1.54, 1.807) is 42.5 Å². The van der Waals surface area contributed by atoms with Crippen LogP contribution in [0.3, 0.4) is 0 Å². The van der Waals surface area contributed by atoms with Gasteiger partial charge in [0.15, 0.2) is 0 Å². The summed E-state index contributed by atoms with van der Waals surface area (Å²) in [5.41, 5.74) is 2.04. The lowest BCUT2D eigenvalue weighted by molar-refractivity contribution is -0.123. The summed E-state index contributed by atoms with van der Waals surface area (Å²) < 4.78 is 0. The number of anilines is 2. The first-order valence-electron chi connectivity index (χ1n) is 10.0. The van der Waals surface area contributed by atoms with Gasteiger partial charge in [-0.3, -0.25) is 14.4 Å². The van der Waals surface area contributed by atoms with E-state index in [2.05, 4.69) is 5.32 Å². The van der Waals surface area contributed by atoms with E-state index in [1.165, 1.54) is 4.90 Å². The van der Waals surface area contributed by atoms with Gasteiger partial charge >= 0.3 is 0 Å². The molecule has 0 radical (unpaired) electrons. The molecule has 148 valence electrons. The Kier molecular flexibility index (Phi) is 4.24. The first-order chi connectivity index (χ1) is 14.0. The number of carbonyl (C=O) groups excluding carboxylic acids is 3. The lowest BCUT2D eigenvalue weighted by Crippen LogP contribution is -2.34. The highest BCUT2D eigenvalue weighted by Crippen LogP contribution is 2.56. The number of fused-ring (bicyclic) bond motifs is 5. The van der Waals surface area contributed by atoms with Crippen LogP contribution in [0.4, 0.5) is 11.4 Å². The van der Waals surface area contributed by atoms with Crippen LogP contribution in [0.25, 0.3) is 0 Å². The Labute approximate surface area is 174 Å². The Morgan fingerprint density at radius 2 is 1.66 bits per heavy atom. The standard InChI is InChI=1S/C23H21ClN2O3/c1-12-16(24)6-4-7-17(12)25-21(27)15-5-2-3-8-18(15)26-22(28)19-13-9-10-14(11-13)20(19)23(26)29/h2-8,13-14,19-20H,9-11H2,1H3,(H,25,27)/t13-,14-,19+,20+/m0/s1. The third-order valence-corrected chi connectivity index (χ3v) is 7.24. The fraction of sp³-hybridized carbons (Fsp3) is 0.348. The molecule has 2 aromatic carbocycles. The molecule has 5 rings (SSSR count). The van der Waals surface area contributed by atoms with E-state index in [0.29, 0.717) is 33.8 Å². The summed E-state index contributed by atoms with van der Waals surface area (Å²) in [7, 11) is 0. The molecule has 4 atom stereocenters. The zero-order valence-corrected chi connectivity index (χ0v) is 16.8. The molecule has 2 bridgehead atoms. The Balaban J connectivity index is 1.49. The van der Waals surface area contributed by atoms with Gasteiger partial charge in [0.2, 0.25) is 11.8 Å². The first-order valence-corrected chi connectivity index (χ1v) is 10.4. The van der Waals surface area contributed by atoms with Crippen LogP contribution in [-0.4, -0.2) is 17.7 Å². The molecule has 3 amide bonds. The van der Waals surface area contributed by atoms with Gasteiger partial charge in [-0.1, -0.05) is 29.8 Å². The Bertz CT molecular complexity index is 1020. The minimum atomic E-state index is -0.369. The van der Waals surface area contributed by atoms with Crippen molar-refractivity contribution in [1.82, 2.24) is 0 Å². The molecule has 1 saturated heterocycles. The topological polar surface area (TPSA) is 66.5 Å². The molecule has 2 aliphatic carbocycles. The minimum absolute atomic E-state index is 0.147. The predicted octanol–water partition coefficient (Wildman–Crippen LogP) is 4.44. The van der Waals surface area contributed by atoms with Crippen LogP contribution < -0.4 is 10.2 Å². The van der Waals surface area contributed by atoms with E-state index in [9.17, 15) is 14.4 Å². The summed E-state index contributed by atoms with van der Waals surface area (Å²) in [6.07, 6.45) is 3.03. The zero-order chi connectivity index (χ0) is 20.3. The molecule has 0 unspecified atom stereocenters. The van der Waals surface area contributed by atoms with Gasteiger partial charge in [0, 0.05) is 10.7 Å². The highest BCUT2D eigenvalue weighted by molar-refractivity contribution is 6.32. The van der Waals surface area contributed by atoms with E-state index in [0.717, 1.165) is 24.8 Å². The third kappa shape index (κ3) is 2.71. The van der Waals surface area contributed by atoms with Crippen LogP contribution in [0.15, 0.2) is 42.5 Å². The number of benzene rings is 2. The van der Waals surface area contributed by atoms with Crippen molar-refractivity contribution in [2.75, 3.05) is 10.2 Å². The molecule has 1 heterocycles. The molecule has 1 aliphatic heterocycles. The maximum absolute atomic E-state index is 13.2. The largest absolute Gasteiger partial charge is 0.322 e. The predicted molar refractivity (Wildman–Crippen MR) is 111 cm³/mol. The van der Waals surface area contributed by atoms with E-state index in [1.807, 2.05) is 6.92 Å². The molecular formula is C23H21ClN2O3. The van der Waals surface area contributed by atoms with Crippen molar-refractivity contribution in [1.29, 1.82) is 0 Å². The second kappa shape index (κ2) is 6.70. The number of imide groups is 1. The summed E-state index contributed by atoms with van der Waals surface area (Å²) in [6.45, 7) is 1.83.